The number of nitrogens with zero attached hydrogens (tertiary/aromatic N) is 2. The number of methoxy groups -OCH3 is 1. The molecule has 0 saturated heterocycles. The van der Waals surface area contributed by atoms with Gasteiger partial charge in [0.2, 0.25) is 0 Å². The van der Waals surface area contributed by atoms with Crippen molar-refractivity contribution in [3.05, 3.63) is 52.0 Å². The van der Waals surface area contributed by atoms with Crippen LogP contribution in [0.2, 0.25) is 18.1 Å². The lowest BCUT2D eigenvalue weighted by molar-refractivity contribution is 0.0600. The lowest BCUT2D eigenvalue weighted by atomic mass is 10.1. The van der Waals surface area contributed by atoms with Gasteiger partial charge >= 0.3 is 5.97 Å². The molecule has 0 aliphatic rings. The van der Waals surface area contributed by atoms with E-state index in [2.05, 4.69) is 59.3 Å². The molecule has 0 spiro atoms. The monoisotopic (exact) mass is 480 g/mol. The van der Waals surface area contributed by atoms with Gasteiger partial charge in [-0.3, -0.25) is 0 Å². The van der Waals surface area contributed by atoms with Gasteiger partial charge in [0.1, 0.15) is 0 Å². The molecule has 2 rings (SSSR count). The number of hydrogen-bond acceptors (Lipinski definition) is 4. The summed E-state index contributed by atoms with van der Waals surface area (Å²) in [7, 11) is -0.273. The summed E-state index contributed by atoms with van der Waals surface area (Å²) in [5, 5.41) is 0.252. The van der Waals surface area contributed by atoms with Gasteiger partial charge in [0.05, 0.1) is 19.0 Å². The number of carbonyl (C=O) groups is 1. The number of halogens is 1. The fourth-order valence-electron chi connectivity index (χ4n) is 2.75. The van der Waals surface area contributed by atoms with Gasteiger partial charge in [-0.25, -0.2) is 9.78 Å². The number of ether oxygens (including phenoxy) is 1. The Labute approximate surface area is 184 Å². The summed E-state index contributed by atoms with van der Waals surface area (Å²) < 4.78 is 14.1. The Balaban J connectivity index is 1.89. The van der Waals surface area contributed by atoms with Gasteiger partial charge in [0.25, 0.3) is 0 Å². The van der Waals surface area contributed by atoms with E-state index in [9.17, 15) is 4.79 Å². The average molecular weight is 482 g/mol. The summed E-state index contributed by atoms with van der Waals surface area (Å²) in [4.78, 5) is 16.0. The van der Waals surface area contributed by atoms with E-state index in [4.69, 9.17) is 9.16 Å². The molecule has 0 bridgehead atoms. The second-order valence-electron chi connectivity index (χ2n) is 8.88. The largest absolute Gasteiger partial charge is 0.465 e. The molecule has 7 heteroatoms. The highest BCUT2D eigenvalue weighted by Gasteiger charge is 2.36. The summed E-state index contributed by atoms with van der Waals surface area (Å²) in [5.41, 5.74) is 2.84. The van der Waals surface area contributed by atoms with Gasteiger partial charge < -0.3 is 13.7 Å². The van der Waals surface area contributed by atoms with Crippen LogP contribution in [0.15, 0.2) is 35.2 Å². The Bertz CT molecular complexity index is 828. The van der Waals surface area contributed by atoms with E-state index in [1.165, 1.54) is 12.8 Å². The first-order valence-electron chi connectivity index (χ1n) is 10.0. The van der Waals surface area contributed by atoms with Crippen molar-refractivity contribution >= 4 is 30.2 Å². The number of esters is 1. The Morgan fingerprint density at radius 1 is 1.24 bits per heavy atom. The predicted octanol–water partition coefficient (Wildman–Crippen LogP) is 5.83. The number of carbonyl (C=O) groups excluding carboxylic acids is 1. The number of hydrogen-bond donors (Lipinski definition) is 0. The summed E-state index contributed by atoms with van der Waals surface area (Å²) in [6.45, 7) is 12.9. The van der Waals surface area contributed by atoms with E-state index >= 15 is 0 Å². The van der Waals surface area contributed by atoms with Crippen molar-refractivity contribution in [1.29, 1.82) is 0 Å². The lowest BCUT2D eigenvalue weighted by Gasteiger charge is -2.36. The van der Waals surface area contributed by atoms with Crippen LogP contribution in [0, 0.1) is 0 Å². The van der Waals surface area contributed by atoms with Gasteiger partial charge in [-0.05, 0) is 55.1 Å². The molecular formula is C22H33BrN2O3Si. The molecule has 5 nitrogen and oxygen atoms in total. The number of imidazole rings is 1. The molecule has 160 valence electrons. The van der Waals surface area contributed by atoms with Crippen LogP contribution in [0.3, 0.4) is 0 Å². The van der Waals surface area contributed by atoms with Crippen LogP contribution in [-0.4, -0.2) is 37.6 Å². The van der Waals surface area contributed by atoms with Crippen molar-refractivity contribution in [3.63, 3.8) is 0 Å². The molecular weight excluding hydrogens is 448 g/mol. The maximum atomic E-state index is 11.7. The minimum atomic E-state index is -1.66. The zero-order valence-electron chi connectivity index (χ0n) is 18.4. The van der Waals surface area contributed by atoms with Crippen LogP contribution in [0.4, 0.5) is 0 Å². The molecule has 0 amide bonds. The number of benzene rings is 1. The first kappa shape index (κ1) is 23.8. The molecule has 0 aliphatic carbocycles. The van der Waals surface area contributed by atoms with Gasteiger partial charge in [0.15, 0.2) is 8.32 Å². The van der Waals surface area contributed by atoms with Crippen LogP contribution in [-0.2, 0) is 22.1 Å². The third-order valence-corrected chi connectivity index (χ3v) is 11.0. The van der Waals surface area contributed by atoms with E-state index in [1.54, 1.807) is 12.1 Å². The fraction of sp³-hybridized carbons (Fsp3) is 0.545. The van der Waals surface area contributed by atoms with Crippen molar-refractivity contribution in [3.8, 4) is 0 Å². The summed E-state index contributed by atoms with van der Waals surface area (Å²) in [5.74, 6) is -0.333. The summed E-state index contributed by atoms with van der Waals surface area (Å²) >= 11 is 3.57. The predicted molar refractivity (Wildman–Crippen MR) is 123 cm³/mol. The quantitative estimate of drug-likeness (QED) is 0.257. The van der Waals surface area contributed by atoms with Crippen LogP contribution < -0.4 is 0 Å². The molecule has 0 fully saturated rings. The number of rotatable bonds is 9. The molecule has 1 aromatic carbocycles. The van der Waals surface area contributed by atoms with Gasteiger partial charge in [-0.1, -0.05) is 42.8 Å². The van der Waals surface area contributed by atoms with E-state index in [0.717, 1.165) is 35.9 Å². The zero-order chi connectivity index (χ0) is 21.7. The Morgan fingerprint density at radius 3 is 2.59 bits per heavy atom. The normalized spacial score (nSPS) is 12.2. The summed E-state index contributed by atoms with van der Waals surface area (Å²) in [6, 6.07) is 5.55. The molecule has 0 saturated carbocycles. The lowest BCUT2D eigenvalue weighted by Crippen LogP contribution is -2.40. The molecule has 0 aliphatic heterocycles. The standard InChI is InChI=1S/C22H33BrN2O3Si/c1-22(2,3)29(5,6)28-12-8-7-9-19-14-24-16-25(19)15-18-11-10-17(13-20(18)23)21(26)27-4/h10-11,13-14,16H,7-9,12,15H2,1-6H3. The number of unbranched alkanes of at least 4 members (excludes halogenated alkanes) is 1. The van der Waals surface area contributed by atoms with Gasteiger partial charge in [0, 0.05) is 29.5 Å². The molecule has 0 unspecified atom stereocenters. The first-order valence-corrected chi connectivity index (χ1v) is 13.7. The maximum absolute atomic E-state index is 11.7. The average Bonchev–Trinajstić information content (AvgIpc) is 3.08. The summed E-state index contributed by atoms with van der Waals surface area (Å²) in [6.07, 6.45) is 6.89. The Morgan fingerprint density at radius 2 is 1.97 bits per heavy atom. The van der Waals surface area contributed by atoms with Crippen LogP contribution >= 0.6 is 15.9 Å². The molecule has 2 aromatic rings. The third kappa shape index (κ3) is 6.52. The number of aryl methyl sites for hydroxylation is 1. The van der Waals surface area contributed by atoms with E-state index < -0.39 is 8.32 Å². The second-order valence-corrected chi connectivity index (χ2v) is 14.5. The van der Waals surface area contributed by atoms with Gasteiger partial charge in [-0.15, -0.1) is 0 Å². The highest BCUT2D eigenvalue weighted by molar-refractivity contribution is 9.10. The molecule has 29 heavy (non-hydrogen) atoms. The topological polar surface area (TPSA) is 53.4 Å². The molecule has 0 atom stereocenters. The van der Waals surface area contributed by atoms with Crippen molar-refractivity contribution in [1.82, 2.24) is 9.55 Å². The minimum Gasteiger partial charge on any atom is -0.465 e. The zero-order valence-corrected chi connectivity index (χ0v) is 21.0. The van der Waals surface area contributed by atoms with Crippen LogP contribution in [0.1, 0.15) is 55.2 Å². The highest BCUT2D eigenvalue weighted by atomic mass is 79.9. The van der Waals surface area contributed by atoms with Crippen molar-refractivity contribution < 1.29 is 14.0 Å². The Kier molecular flexibility index (Phi) is 8.25. The van der Waals surface area contributed by atoms with E-state index in [-0.39, 0.29) is 11.0 Å². The fourth-order valence-corrected chi connectivity index (χ4v) is 4.35. The minimum absolute atomic E-state index is 0.252. The SMILES string of the molecule is COC(=O)c1ccc(Cn2cncc2CCCCO[Si](C)(C)C(C)(C)C)c(Br)c1. The van der Waals surface area contributed by atoms with Crippen LogP contribution in [0.25, 0.3) is 0 Å². The van der Waals surface area contributed by atoms with Gasteiger partial charge in [-0.2, -0.15) is 0 Å². The van der Waals surface area contributed by atoms with Crippen LogP contribution in [0.5, 0.6) is 0 Å². The van der Waals surface area contributed by atoms with E-state index in [1.807, 2.05) is 18.6 Å². The molecule has 0 N–H and O–H groups in total. The Hall–Kier alpha value is -1.44. The molecule has 1 heterocycles. The molecule has 0 radical (unpaired) electrons. The smallest absolute Gasteiger partial charge is 0.337 e. The van der Waals surface area contributed by atoms with Crippen molar-refractivity contribution in [2.24, 2.45) is 0 Å². The molecule has 1 aromatic heterocycles. The highest BCUT2D eigenvalue weighted by Crippen LogP contribution is 2.36. The maximum Gasteiger partial charge on any atom is 0.337 e. The van der Waals surface area contributed by atoms with Crippen molar-refractivity contribution in [2.45, 2.75) is 64.7 Å². The number of aromatic nitrogens is 2. The first-order chi connectivity index (χ1) is 13.5. The second kappa shape index (κ2) is 10.0. The van der Waals surface area contributed by atoms with Crippen molar-refractivity contribution in [2.75, 3.05) is 13.7 Å². The third-order valence-electron chi connectivity index (χ3n) is 5.71. The van der Waals surface area contributed by atoms with E-state index in [0.29, 0.717) is 12.1 Å².